The number of hydrogen-bond acceptors (Lipinski definition) is 8. The van der Waals surface area contributed by atoms with Crippen LogP contribution < -0.4 is 10.1 Å². The number of anilines is 1. The van der Waals surface area contributed by atoms with E-state index in [2.05, 4.69) is 20.3 Å². The molecule has 0 saturated carbocycles. The second-order valence-corrected chi connectivity index (χ2v) is 4.87. The van der Waals surface area contributed by atoms with Gasteiger partial charge >= 0.3 is 0 Å². The standard InChI is InChI=1S/C13H9N5O3S/c1-20-9-2-3-10-11(4-9)22-13(16-10)17-12(19)7-21-18-8(5-14)6-15/h2-4H,7H2,1H3,(H,16,17,19). The number of thiazole rings is 1. The highest BCUT2D eigenvalue weighted by molar-refractivity contribution is 7.22. The van der Waals surface area contributed by atoms with Gasteiger partial charge in [-0.15, -0.1) is 0 Å². The highest BCUT2D eigenvalue weighted by atomic mass is 32.1. The Balaban J connectivity index is 1.99. The summed E-state index contributed by atoms with van der Waals surface area (Å²) in [5, 5.41) is 23.1. The largest absolute Gasteiger partial charge is 0.497 e. The fourth-order valence-corrected chi connectivity index (χ4v) is 2.37. The van der Waals surface area contributed by atoms with Crippen LogP contribution in [-0.4, -0.2) is 30.3 Å². The molecule has 1 amide bonds. The maximum absolute atomic E-state index is 11.6. The van der Waals surface area contributed by atoms with Gasteiger partial charge in [0.1, 0.15) is 17.9 Å². The molecule has 2 rings (SSSR count). The highest BCUT2D eigenvalue weighted by Gasteiger charge is 2.09. The van der Waals surface area contributed by atoms with Crippen LogP contribution in [-0.2, 0) is 9.63 Å². The van der Waals surface area contributed by atoms with Crippen LogP contribution in [0, 0.1) is 22.7 Å². The number of ether oxygens (including phenoxy) is 1. The average Bonchev–Trinajstić information content (AvgIpc) is 2.92. The number of fused-ring (bicyclic) bond motifs is 1. The molecule has 0 fully saturated rings. The Morgan fingerprint density at radius 3 is 2.91 bits per heavy atom. The zero-order valence-electron chi connectivity index (χ0n) is 11.4. The molecular weight excluding hydrogens is 306 g/mol. The van der Waals surface area contributed by atoms with Crippen molar-refractivity contribution < 1.29 is 14.4 Å². The van der Waals surface area contributed by atoms with Crippen LogP contribution in [0.25, 0.3) is 10.2 Å². The summed E-state index contributed by atoms with van der Waals surface area (Å²) >= 11 is 1.28. The predicted molar refractivity (Wildman–Crippen MR) is 79.4 cm³/mol. The van der Waals surface area contributed by atoms with Gasteiger partial charge in [0.05, 0.1) is 17.3 Å². The third-order valence-electron chi connectivity index (χ3n) is 2.41. The molecule has 1 aromatic carbocycles. The molecule has 8 nitrogen and oxygen atoms in total. The van der Waals surface area contributed by atoms with Gasteiger partial charge in [-0.2, -0.15) is 10.5 Å². The number of methoxy groups -OCH3 is 1. The predicted octanol–water partition coefficient (Wildman–Crippen LogP) is 1.66. The number of carbonyl (C=O) groups is 1. The van der Waals surface area contributed by atoms with Crippen LogP contribution >= 0.6 is 11.3 Å². The molecule has 1 aromatic heterocycles. The number of hydrogen-bond donors (Lipinski definition) is 1. The van der Waals surface area contributed by atoms with Crippen LogP contribution in [0.2, 0.25) is 0 Å². The minimum Gasteiger partial charge on any atom is -0.497 e. The van der Waals surface area contributed by atoms with E-state index in [-0.39, 0.29) is 0 Å². The lowest BCUT2D eigenvalue weighted by atomic mass is 10.3. The summed E-state index contributed by atoms with van der Waals surface area (Å²) in [6.45, 7) is -0.424. The zero-order valence-corrected chi connectivity index (χ0v) is 12.2. The molecule has 9 heteroatoms. The fourth-order valence-electron chi connectivity index (χ4n) is 1.46. The molecule has 22 heavy (non-hydrogen) atoms. The third-order valence-corrected chi connectivity index (χ3v) is 3.34. The lowest BCUT2D eigenvalue weighted by Gasteiger charge is -1.99. The minimum absolute atomic E-state index is 0.404. The second-order valence-electron chi connectivity index (χ2n) is 3.84. The molecular formula is C13H9N5O3S. The third kappa shape index (κ3) is 3.69. The monoisotopic (exact) mass is 315 g/mol. The maximum Gasteiger partial charge on any atom is 0.266 e. The lowest BCUT2D eigenvalue weighted by Crippen LogP contribution is -2.17. The summed E-state index contributed by atoms with van der Waals surface area (Å²) in [4.78, 5) is 20.5. The Kier molecular flexibility index (Phi) is 4.85. The Labute approximate surface area is 129 Å². The number of aromatic nitrogens is 1. The first kappa shape index (κ1) is 15.2. The number of amides is 1. The van der Waals surface area contributed by atoms with Gasteiger partial charge in [0.25, 0.3) is 11.6 Å². The quantitative estimate of drug-likeness (QED) is 0.661. The van der Waals surface area contributed by atoms with Crippen molar-refractivity contribution in [2.24, 2.45) is 5.16 Å². The first-order valence-electron chi connectivity index (χ1n) is 5.91. The molecule has 0 aliphatic rings. The normalized spacial score (nSPS) is 9.41. The molecule has 0 radical (unpaired) electrons. The Bertz CT molecular complexity index is 799. The SMILES string of the molecule is COc1ccc2nc(NC(=O)CON=C(C#N)C#N)sc2c1. The van der Waals surface area contributed by atoms with E-state index in [1.54, 1.807) is 19.2 Å². The van der Waals surface area contributed by atoms with Crippen LogP contribution in [0.4, 0.5) is 5.13 Å². The van der Waals surface area contributed by atoms with Gasteiger partial charge in [0, 0.05) is 0 Å². The van der Waals surface area contributed by atoms with Crippen LogP contribution in [0.3, 0.4) is 0 Å². The average molecular weight is 315 g/mol. The maximum atomic E-state index is 11.6. The van der Waals surface area contributed by atoms with Crippen molar-refractivity contribution >= 4 is 38.3 Å². The Hall–Kier alpha value is -3.17. The van der Waals surface area contributed by atoms with Crippen molar-refractivity contribution in [3.63, 3.8) is 0 Å². The first-order chi connectivity index (χ1) is 10.7. The van der Waals surface area contributed by atoms with Gasteiger partial charge in [-0.3, -0.25) is 10.1 Å². The van der Waals surface area contributed by atoms with Gasteiger partial charge in [-0.05, 0) is 18.2 Å². The number of nitriles is 2. The van der Waals surface area contributed by atoms with Crippen LogP contribution in [0.15, 0.2) is 23.4 Å². The van der Waals surface area contributed by atoms with E-state index in [1.807, 2.05) is 6.07 Å². The number of nitrogens with zero attached hydrogens (tertiary/aromatic N) is 4. The number of rotatable bonds is 5. The molecule has 2 aromatic rings. The van der Waals surface area contributed by atoms with Gasteiger partial charge < -0.3 is 9.57 Å². The van der Waals surface area contributed by atoms with E-state index in [9.17, 15) is 4.79 Å². The minimum atomic E-state index is -0.495. The zero-order chi connectivity index (χ0) is 15.9. The van der Waals surface area contributed by atoms with Crippen molar-refractivity contribution in [1.29, 1.82) is 10.5 Å². The number of carbonyl (C=O) groups excluding carboxylic acids is 1. The molecule has 1 heterocycles. The van der Waals surface area contributed by atoms with E-state index in [1.165, 1.54) is 23.5 Å². The molecule has 0 bridgehead atoms. The van der Waals surface area contributed by atoms with Crippen molar-refractivity contribution in [1.82, 2.24) is 4.98 Å². The van der Waals surface area contributed by atoms with Crippen LogP contribution in [0.1, 0.15) is 0 Å². The molecule has 0 saturated heterocycles. The number of nitrogens with one attached hydrogen (secondary N) is 1. The van der Waals surface area contributed by atoms with E-state index >= 15 is 0 Å². The lowest BCUT2D eigenvalue weighted by molar-refractivity contribution is -0.120. The molecule has 1 N–H and O–H groups in total. The van der Waals surface area contributed by atoms with Crippen molar-refractivity contribution in [3.05, 3.63) is 18.2 Å². The van der Waals surface area contributed by atoms with E-state index in [4.69, 9.17) is 15.3 Å². The van der Waals surface area contributed by atoms with Crippen molar-refractivity contribution in [2.75, 3.05) is 19.0 Å². The Morgan fingerprint density at radius 2 is 2.23 bits per heavy atom. The van der Waals surface area contributed by atoms with E-state index < -0.39 is 18.2 Å². The summed E-state index contributed by atoms with van der Waals surface area (Å²) in [5.74, 6) is 0.206. The Morgan fingerprint density at radius 1 is 1.45 bits per heavy atom. The first-order valence-corrected chi connectivity index (χ1v) is 6.72. The van der Waals surface area contributed by atoms with Gasteiger partial charge in [0.2, 0.25) is 0 Å². The molecule has 0 unspecified atom stereocenters. The topological polar surface area (TPSA) is 120 Å². The van der Waals surface area contributed by atoms with Crippen LogP contribution in [0.5, 0.6) is 5.75 Å². The summed E-state index contributed by atoms with van der Waals surface area (Å²) in [6.07, 6.45) is 0. The number of oxime groups is 1. The summed E-state index contributed by atoms with van der Waals surface area (Å²) in [6, 6.07) is 8.40. The van der Waals surface area contributed by atoms with E-state index in [0.717, 1.165) is 10.2 Å². The van der Waals surface area contributed by atoms with Gasteiger partial charge in [0.15, 0.2) is 11.7 Å². The van der Waals surface area contributed by atoms with Crippen molar-refractivity contribution in [2.45, 2.75) is 0 Å². The molecule has 0 aliphatic heterocycles. The van der Waals surface area contributed by atoms with Gasteiger partial charge in [-0.25, -0.2) is 4.98 Å². The van der Waals surface area contributed by atoms with Gasteiger partial charge in [-0.1, -0.05) is 16.5 Å². The molecule has 110 valence electrons. The summed E-state index contributed by atoms with van der Waals surface area (Å²) in [5.41, 5.74) is 0.274. The molecule has 0 spiro atoms. The summed E-state index contributed by atoms with van der Waals surface area (Å²) in [7, 11) is 1.57. The fraction of sp³-hybridized carbons (Fsp3) is 0.154. The summed E-state index contributed by atoms with van der Waals surface area (Å²) < 4.78 is 5.98. The second kappa shape index (κ2) is 7.02. The smallest absolute Gasteiger partial charge is 0.266 e. The van der Waals surface area contributed by atoms with Crippen molar-refractivity contribution in [3.8, 4) is 17.9 Å². The molecule has 0 aliphatic carbocycles. The highest BCUT2D eigenvalue weighted by Crippen LogP contribution is 2.28. The number of benzene rings is 1. The molecule has 0 atom stereocenters. The van der Waals surface area contributed by atoms with E-state index in [0.29, 0.717) is 10.9 Å².